The highest BCUT2D eigenvalue weighted by Gasteiger charge is 2.43. The summed E-state index contributed by atoms with van der Waals surface area (Å²) in [6, 6.07) is 3.79. The van der Waals surface area contributed by atoms with Crippen LogP contribution < -0.4 is 10.1 Å². The molecule has 2 N–H and O–H groups in total. The van der Waals surface area contributed by atoms with E-state index in [1.54, 1.807) is 13.2 Å². The van der Waals surface area contributed by atoms with Gasteiger partial charge < -0.3 is 15.2 Å². The maximum Gasteiger partial charge on any atom is 0.405 e. The number of carbonyl (C=O) groups is 1. The minimum atomic E-state index is -1.04. The van der Waals surface area contributed by atoms with Crippen molar-refractivity contribution in [3.63, 3.8) is 0 Å². The predicted octanol–water partition coefficient (Wildman–Crippen LogP) is 3.62. The Morgan fingerprint density at radius 2 is 2.18 bits per heavy atom. The van der Waals surface area contributed by atoms with Crippen molar-refractivity contribution in [2.75, 3.05) is 7.11 Å². The van der Waals surface area contributed by atoms with Gasteiger partial charge in [0.05, 0.1) is 12.7 Å². The molecule has 2 unspecified atom stereocenters. The van der Waals surface area contributed by atoms with E-state index in [9.17, 15) is 4.79 Å². The summed E-state index contributed by atoms with van der Waals surface area (Å²) >= 11 is 6.33. The predicted molar refractivity (Wildman–Crippen MR) is 84.5 cm³/mol. The minimum absolute atomic E-state index is 0.492. The first-order valence-electron chi connectivity index (χ1n) is 7.36. The second-order valence-corrected chi connectivity index (χ2v) is 6.56. The van der Waals surface area contributed by atoms with E-state index < -0.39 is 11.6 Å². The quantitative estimate of drug-likeness (QED) is 0.836. The van der Waals surface area contributed by atoms with Crippen molar-refractivity contribution in [2.24, 2.45) is 5.92 Å². The molecule has 22 heavy (non-hydrogen) atoms. The Kier molecular flexibility index (Phi) is 3.70. The Morgan fingerprint density at radius 3 is 2.68 bits per heavy atom. The van der Waals surface area contributed by atoms with Gasteiger partial charge >= 0.3 is 6.09 Å². The Balaban J connectivity index is 1.91. The molecule has 3 rings (SSSR count). The number of carboxylic acid groups (broad SMARTS) is 1. The number of amides is 1. The van der Waals surface area contributed by atoms with Crippen molar-refractivity contribution in [1.29, 1.82) is 0 Å². The maximum absolute atomic E-state index is 10.8. The molecule has 1 amide bonds. The van der Waals surface area contributed by atoms with Crippen LogP contribution in [0.2, 0.25) is 5.02 Å². The van der Waals surface area contributed by atoms with Crippen LogP contribution in [0.25, 0.3) is 0 Å². The molecule has 0 heterocycles. The average molecular weight is 320 g/mol. The van der Waals surface area contributed by atoms with Crippen LogP contribution in [0.4, 0.5) is 4.79 Å². The monoisotopic (exact) mass is 319 g/mol. The standard InChI is InChI=1S/C17H18ClNO3/c1-10-7-12(10)13-8-11(15(22-2)9-14(13)18)3-4-17(5-6-17)19-16(20)21/h8-10,12,19H,5-7H2,1-2H3,(H,20,21). The molecule has 5 heteroatoms. The Bertz CT molecular complexity index is 685. The molecule has 2 aliphatic carbocycles. The SMILES string of the molecule is COc1cc(Cl)c(C2CC2C)cc1C#CC1(NC(=O)O)CC1. The summed E-state index contributed by atoms with van der Waals surface area (Å²) in [5.74, 6) is 7.89. The zero-order chi connectivity index (χ0) is 15.9. The average Bonchev–Trinajstić information content (AvgIpc) is 3.36. The van der Waals surface area contributed by atoms with Crippen molar-refractivity contribution >= 4 is 17.7 Å². The molecule has 2 fully saturated rings. The summed E-state index contributed by atoms with van der Waals surface area (Å²) in [7, 11) is 1.58. The second-order valence-electron chi connectivity index (χ2n) is 6.16. The lowest BCUT2D eigenvalue weighted by molar-refractivity contribution is 0.191. The fourth-order valence-electron chi connectivity index (χ4n) is 2.68. The van der Waals surface area contributed by atoms with E-state index in [4.69, 9.17) is 21.4 Å². The summed E-state index contributed by atoms with van der Waals surface area (Å²) in [4.78, 5) is 10.8. The first-order valence-corrected chi connectivity index (χ1v) is 7.73. The van der Waals surface area contributed by atoms with Crippen LogP contribution in [0.15, 0.2) is 12.1 Å². The zero-order valence-corrected chi connectivity index (χ0v) is 13.3. The lowest BCUT2D eigenvalue weighted by Gasteiger charge is -2.10. The number of ether oxygens (including phenoxy) is 1. The van der Waals surface area contributed by atoms with E-state index in [0.717, 1.165) is 30.4 Å². The largest absolute Gasteiger partial charge is 0.495 e. The topological polar surface area (TPSA) is 58.6 Å². The summed E-state index contributed by atoms with van der Waals surface area (Å²) in [6.45, 7) is 2.20. The van der Waals surface area contributed by atoms with Crippen molar-refractivity contribution < 1.29 is 14.6 Å². The third-order valence-corrected chi connectivity index (χ3v) is 4.69. The van der Waals surface area contributed by atoms with Gasteiger partial charge in [0.1, 0.15) is 11.3 Å². The molecule has 2 atom stereocenters. The number of benzene rings is 1. The first kappa shape index (κ1) is 15.1. The summed E-state index contributed by atoms with van der Waals surface area (Å²) in [5, 5.41) is 12.0. The van der Waals surface area contributed by atoms with Gasteiger partial charge in [-0.15, -0.1) is 0 Å². The number of hydrogen-bond acceptors (Lipinski definition) is 2. The van der Waals surface area contributed by atoms with E-state index in [2.05, 4.69) is 24.1 Å². The minimum Gasteiger partial charge on any atom is -0.495 e. The molecule has 0 bridgehead atoms. The molecule has 2 aliphatic rings. The molecule has 0 aromatic heterocycles. The molecule has 1 aromatic carbocycles. The van der Waals surface area contributed by atoms with Crippen LogP contribution in [0.1, 0.15) is 43.2 Å². The number of methoxy groups -OCH3 is 1. The first-order chi connectivity index (χ1) is 10.4. The van der Waals surface area contributed by atoms with E-state index in [1.165, 1.54) is 0 Å². The van der Waals surface area contributed by atoms with Crippen LogP contribution >= 0.6 is 11.6 Å². The molecule has 0 saturated heterocycles. The van der Waals surface area contributed by atoms with Gasteiger partial charge in [0, 0.05) is 11.1 Å². The van der Waals surface area contributed by atoms with E-state index in [0.29, 0.717) is 22.6 Å². The molecule has 0 radical (unpaired) electrons. The maximum atomic E-state index is 10.8. The van der Waals surface area contributed by atoms with Crippen molar-refractivity contribution in [1.82, 2.24) is 5.32 Å². The van der Waals surface area contributed by atoms with Gasteiger partial charge in [0.25, 0.3) is 0 Å². The molecule has 116 valence electrons. The van der Waals surface area contributed by atoms with Gasteiger partial charge in [-0.3, -0.25) is 0 Å². The van der Waals surface area contributed by atoms with E-state index in [-0.39, 0.29) is 0 Å². The van der Waals surface area contributed by atoms with Crippen molar-refractivity contribution in [3.05, 3.63) is 28.3 Å². The second kappa shape index (κ2) is 5.40. The van der Waals surface area contributed by atoms with Gasteiger partial charge in [-0.2, -0.15) is 0 Å². The highest BCUT2D eigenvalue weighted by Crippen LogP contribution is 2.50. The lowest BCUT2D eigenvalue weighted by atomic mass is 10.0. The smallest absolute Gasteiger partial charge is 0.405 e. The summed E-state index contributed by atoms with van der Waals surface area (Å²) in [5.41, 5.74) is 1.28. The fourth-order valence-corrected chi connectivity index (χ4v) is 2.97. The molecule has 2 saturated carbocycles. The molecular formula is C17H18ClNO3. The van der Waals surface area contributed by atoms with Crippen LogP contribution in [-0.2, 0) is 0 Å². The Labute approximate surface area is 134 Å². The third-order valence-electron chi connectivity index (χ3n) is 4.36. The Morgan fingerprint density at radius 1 is 1.50 bits per heavy atom. The molecule has 1 aromatic rings. The van der Waals surface area contributed by atoms with Crippen molar-refractivity contribution in [2.45, 2.75) is 37.6 Å². The Hall–Kier alpha value is -1.86. The molecular weight excluding hydrogens is 302 g/mol. The van der Waals surface area contributed by atoms with Gasteiger partial charge in [-0.1, -0.05) is 30.4 Å². The van der Waals surface area contributed by atoms with Crippen LogP contribution in [0.5, 0.6) is 5.75 Å². The number of hydrogen-bond donors (Lipinski definition) is 2. The number of rotatable bonds is 3. The molecule has 0 spiro atoms. The van der Waals surface area contributed by atoms with E-state index in [1.807, 2.05) is 6.07 Å². The highest BCUT2D eigenvalue weighted by atomic mass is 35.5. The molecule has 4 nitrogen and oxygen atoms in total. The zero-order valence-electron chi connectivity index (χ0n) is 12.6. The van der Waals surface area contributed by atoms with Crippen LogP contribution in [-0.4, -0.2) is 23.8 Å². The summed E-state index contributed by atoms with van der Waals surface area (Å²) in [6.07, 6.45) is 1.59. The van der Waals surface area contributed by atoms with Gasteiger partial charge in [0.2, 0.25) is 0 Å². The number of halogens is 1. The van der Waals surface area contributed by atoms with Gasteiger partial charge in [-0.25, -0.2) is 4.79 Å². The van der Waals surface area contributed by atoms with Crippen LogP contribution in [0.3, 0.4) is 0 Å². The fraction of sp³-hybridized carbons (Fsp3) is 0.471. The van der Waals surface area contributed by atoms with E-state index >= 15 is 0 Å². The van der Waals surface area contributed by atoms with Crippen LogP contribution in [0, 0.1) is 17.8 Å². The third kappa shape index (κ3) is 3.00. The normalized spacial score (nSPS) is 24.0. The van der Waals surface area contributed by atoms with Gasteiger partial charge in [0.15, 0.2) is 0 Å². The van der Waals surface area contributed by atoms with Gasteiger partial charge in [-0.05, 0) is 42.7 Å². The summed E-state index contributed by atoms with van der Waals surface area (Å²) < 4.78 is 5.35. The van der Waals surface area contributed by atoms with Crippen molar-refractivity contribution in [3.8, 4) is 17.6 Å². The number of nitrogens with one attached hydrogen (secondary N) is 1. The highest BCUT2D eigenvalue weighted by molar-refractivity contribution is 6.31. The molecule has 0 aliphatic heterocycles. The lowest BCUT2D eigenvalue weighted by Crippen LogP contribution is -2.34.